The molecule has 3 atom stereocenters. The van der Waals surface area contributed by atoms with E-state index in [0.717, 1.165) is 31.1 Å². The van der Waals surface area contributed by atoms with Gasteiger partial charge in [0, 0.05) is 0 Å². The maximum atomic E-state index is 9.45. The van der Waals surface area contributed by atoms with Crippen LogP contribution in [0, 0.1) is 28.6 Å². The first-order valence-electron chi connectivity index (χ1n) is 7.07. The Hall–Kier alpha value is -0.510. The van der Waals surface area contributed by atoms with Crippen molar-refractivity contribution < 1.29 is 0 Å². The predicted octanol–water partition coefficient (Wildman–Crippen LogP) is 4.92. The molecule has 0 saturated heterocycles. The second-order valence-corrected chi connectivity index (χ2v) is 5.86. The molecule has 0 radical (unpaired) electrons. The van der Waals surface area contributed by atoms with Crippen LogP contribution in [-0.4, -0.2) is 0 Å². The van der Waals surface area contributed by atoms with Gasteiger partial charge in [-0.2, -0.15) is 5.26 Å². The van der Waals surface area contributed by atoms with Crippen LogP contribution in [0.15, 0.2) is 0 Å². The van der Waals surface area contributed by atoms with Gasteiger partial charge in [-0.15, -0.1) is 0 Å². The fourth-order valence-corrected chi connectivity index (χ4v) is 3.22. The van der Waals surface area contributed by atoms with E-state index in [1.54, 1.807) is 0 Å². The van der Waals surface area contributed by atoms with Crippen LogP contribution < -0.4 is 0 Å². The second kappa shape index (κ2) is 6.28. The monoisotopic (exact) mass is 221 g/mol. The second-order valence-electron chi connectivity index (χ2n) is 5.86. The zero-order valence-corrected chi connectivity index (χ0v) is 11.3. The lowest BCUT2D eigenvalue weighted by Crippen LogP contribution is -2.19. The van der Waals surface area contributed by atoms with Gasteiger partial charge in [0.2, 0.25) is 0 Å². The third-order valence-electron chi connectivity index (χ3n) is 4.31. The van der Waals surface area contributed by atoms with Crippen molar-refractivity contribution in [3.8, 4) is 6.07 Å². The minimum Gasteiger partial charge on any atom is -0.198 e. The maximum Gasteiger partial charge on any atom is 0.0689 e. The summed E-state index contributed by atoms with van der Waals surface area (Å²) >= 11 is 0. The number of hydrogen-bond acceptors (Lipinski definition) is 1. The summed E-state index contributed by atoms with van der Waals surface area (Å²) in [5.41, 5.74) is 0.0356. The fourth-order valence-electron chi connectivity index (χ4n) is 3.22. The molecule has 1 rings (SSSR count). The topological polar surface area (TPSA) is 23.8 Å². The van der Waals surface area contributed by atoms with Crippen molar-refractivity contribution in [1.29, 1.82) is 5.26 Å². The molecule has 1 fully saturated rings. The Balaban J connectivity index is 2.51. The van der Waals surface area contributed by atoms with E-state index in [0.29, 0.717) is 0 Å². The Bertz CT molecular complexity index is 240. The van der Waals surface area contributed by atoms with Crippen molar-refractivity contribution in [3.63, 3.8) is 0 Å². The Morgan fingerprint density at radius 1 is 1.44 bits per heavy atom. The van der Waals surface area contributed by atoms with Crippen LogP contribution in [0.1, 0.15) is 72.1 Å². The first-order chi connectivity index (χ1) is 7.65. The first-order valence-corrected chi connectivity index (χ1v) is 7.07. The fraction of sp³-hybridized carbons (Fsp3) is 0.933. The summed E-state index contributed by atoms with van der Waals surface area (Å²) in [5, 5.41) is 9.45. The van der Waals surface area contributed by atoms with Crippen LogP contribution in [0.4, 0.5) is 0 Å². The highest BCUT2D eigenvalue weighted by molar-refractivity contribution is 5.04. The highest BCUT2D eigenvalue weighted by Crippen LogP contribution is 2.46. The van der Waals surface area contributed by atoms with Crippen LogP contribution >= 0.6 is 0 Å². The van der Waals surface area contributed by atoms with Crippen molar-refractivity contribution in [2.75, 3.05) is 0 Å². The van der Waals surface area contributed by atoms with E-state index in [4.69, 9.17) is 0 Å². The Morgan fingerprint density at radius 3 is 2.62 bits per heavy atom. The van der Waals surface area contributed by atoms with Gasteiger partial charge in [0.25, 0.3) is 0 Å². The third-order valence-corrected chi connectivity index (χ3v) is 4.31. The largest absolute Gasteiger partial charge is 0.198 e. The van der Waals surface area contributed by atoms with Crippen molar-refractivity contribution in [3.05, 3.63) is 0 Å². The Morgan fingerprint density at radius 2 is 2.19 bits per heavy atom. The molecule has 1 aliphatic rings. The number of unbranched alkanes of at least 4 members (excludes halogenated alkanes) is 1. The summed E-state index contributed by atoms with van der Waals surface area (Å²) in [6, 6.07) is 2.65. The van der Waals surface area contributed by atoms with Crippen molar-refractivity contribution in [2.24, 2.45) is 17.3 Å². The first kappa shape index (κ1) is 13.6. The van der Waals surface area contributed by atoms with Crippen LogP contribution in [0.2, 0.25) is 0 Å². The summed E-state index contributed by atoms with van der Waals surface area (Å²) < 4.78 is 0. The molecular weight excluding hydrogens is 194 g/mol. The van der Waals surface area contributed by atoms with Crippen LogP contribution in [-0.2, 0) is 0 Å². The van der Waals surface area contributed by atoms with E-state index in [1.807, 2.05) is 0 Å². The number of nitriles is 1. The standard InChI is InChI=1S/C15H27N/c1-4-6-7-14(5-2)11-15(12-16)9-8-13(3)10-15/h13-14H,4-11H2,1-3H3. The normalized spacial score (nSPS) is 31.2. The molecule has 0 spiro atoms. The Labute approximate surface area is 101 Å². The molecular formula is C15H27N. The van der Waals surface area contributed by atoms with Crippen LogP contribution in [0.3, 0.4) is 0 Å². The minimum atomic E-state index is 0.0356. The smallest absolute Gasteiger partial charge is 0.0689 e. The summed E-state index contributed by atoms with van der Waals surface area (Å²) in [6.45, 7) is 6.83. The van der Waals surface area contributed by atoms with Gasteiger partial charge < -0.3 is 0 Å². The maximum absolute atomic E-state index is 9.45. The molecule has 0 aromatic carbocycles. The van der Waals surface area contributed by atoms with Crippen LogP contribution in [0.25, 0.3) is 0 Å². The highest BCUT2D eigenvalue weighted by Gasteiger charge is 2.38. The quantitative estimate of drug-likeness (QED) is 0.624. The lowest BCUT2D eigenvalue weighted by Gasteiger charge is -2.26. The molecule has 92 valence electrons. The molecule has 1 aliphatic carbocycles. The van der Waals surface area contributed by atoms with E-state index < -0.39 is 0 Å². The van der Waals surface area contributed by atoms with Gasteiger partial charge in [0.05, 0.1) is 11.5 Å². The van der Waals surface area contributed by atoms with Gasteiger partial charge in [-0.05, 0) is 37.5 Å². The molecule has 1 nitrogen and oxygen atoms in total. The zero-order chi connectivity index (χ0) is 12.0. The predicted molar refractivity (Wildman–Crippen MR) is 69.0 cm³/mol. The van der Waals surface area contributed by atoms with E-state index in [1.165, 1.54) is 32.1 Å². The average molecular weight is 221 g/mol. The van der Waals surface area contributed by atoms with E-state index in [2.05, 4.69) is 26.8 Å². The lowest BCUT2D eigenvalue weighted by molar-refractivity contribution is 0.268. The number of rotatable bonds is 6. The molecule has 3 unspecified atom stereocenters. The molecule has 1 heteroatoms. The van der Waals surface area contributed by atoms with Crippen LogP contribution in [0.5, 0.6) is 0 Å². The molecule has 0 aromatic heterocycles. The van der Waals surface area contributed by atoms with Crippen molar-refractivity contribution in [1.82, 2.24) is 0 Å². The van der Waals surface area contributed by atoms with Crippen molar-refractivity contribution >= 4 is 0 Å². The van der Waals surface area contributed by atoms with Gasteiger partial charge >= 0.3 is 0 Å². The summed E-state index contributed by atoms with van der Waals surface area (Å²) in [6.07, 6.45) is 9.90. The third kappa shape index (κ3) is 3.51. The molecule has 0 aliphatic heterocycles. The summed E-state index contributed by atoms with van der Waals surface area (Å²) in [7, 11) is 0. The minimum absolute atomic E-state index is 0.0356. The van der Waals surface area contributed by atoms with E-state index >= 15 is 0 Å². The molecule has 0 amide bonds. The van der Waals surface area contributed by atoms with Gasteiger partial charge in [-0.3, -0.25) is 0 Å². The molecule has 0 aromatic rings. The van der Waals surface area contributed by atoms with E-state index in [9.17, 15) is 5.26 Å². The summed E-state index contributed by atoms with van der Waals surface area (Å²) in [5.74, 6) is 1.55. The number of nitrogens with zero attached hydrogens (tertiary/aromatic N) is 1. The molecule has 1 saturated carbocycles. The molecule has 16 heavy (non-hydrogen) atoms. The molecule has 0 heterocycles. The SMILES string of the molecule is CCCCC(CC)CC1(C#N)CCC(C)C1. The van der Waals surface area contributed by atoms with Gasteiger partial charge in [0.1, 0.15) is 0 Å². The Kier molecular flexibility index (Phi) is 5.32. The van der Waals surface area contributed by atoms with E-state index in [-0.39, 0.29) is 5.41 Å². The van der Waals surface area contributed by atoms with Gasteiger partial charge in [-0.25, -0.2) is 0 Å². The lowest BCUT2D eigenvalue weighted by atomic mass is 9.76. The van der Waals surface area contributed by atoms with Gasteiger partial charge in [0.15, 0.2) is 0 Å². The number of hydrogen-bond donors (Lipinski definition) is 0. The molecule has 0 bridgehead atoms. The summed E-state index contributed by atoms with van der Waals surface area (Å²) in [4.78, 5) is 0. The van der Waals surface area contributed by atoms with Gasteiger partial charge in [-0.1, -0.05) is 46.5 Å². The zero-order valence-electron chi connectivity index (χ0n) is 11.3. The highest BCUT2D eigenvalue weighted by atomic mass is 14.4. The average Bonchev–Trinajstić information content (AvgIpc) is 2.67. The van der Waals surface area contributed by atoms with Crippen molar-refractivity contribution in [2.45, 2.75) is 72.1 Å². The molecule has 0 N–H and O–H groups in total.